The second kappa shape index (κ2) is 7.35. The van der Waals surface area contributed by atoms with Crippen molar-refractivity contribution in [2.24, 2.45) is 0 Å². The standard InChI is InChI=1S/C16H19BrN4O/c1-4-21(5-2)16-18-11(3)9-14(20-16)15(22)19-13-8-6-7-12(17)10-13/h6-10H,4-5H2,1-3H3,(H,19,22). The topological polar surface area (TPSA) is 58.1 Å². The number of halogens is 1. The molecule has 1 amide bonds. The number of hydrogen-bond donors (Lipinski definition) is 1. The minimum atomic E-state index is -0.239. The molecule has 1 heterocycles. The van der Waals surface area contributed by atoms with Gasteiger partial charge < -0.3 is 10.2 Å². The third-order valence-corrected chi connectivity index (χ3v) is 3.70. The van der Waals surface area contributed by atoms with Gasteiger partial charge in [0.1, 0.15) is 5.69 Å². The van der Waals surface area contributed by atoms with Gasteiger partial charge in [0.25, 0.3) is 5.91 Å². The number of carbonyl (C=O) groups is 1. The Balaban J connectivity index is 2.26. The molecule has 0 bridgehead atoms. The van der Waals surface area contributed by atoms with Gasteiger partial charge in [-0.3, -0.25) is 4.79 Å². The van der Waals surface area contributed by atoms with Gasteiger partial charge in [-0.1, -0.05) is 22.0 Å². The van der Waals surface area contributed by atoms with Crippen molar-refractivity contribution in [3.8, 4) is 0 Å². The zero-order chi connectivity index (χ0) is 16.1. The molecule has 1 N–H and O–H groups in total. The molecule has 0 fully saturated rings. The largest absolute Gasteiger partial charge is 0.341 e. The predicted octanol–water partition coefficient (Wildman–Crippen LogP) is 3.65. The Kier molecular flexibility index (Phi) is 5.49. The molecule has 116 valence electrons. The van der Waals surface area contributed by atoms with Crippen LogP contribution < -0.4 is 10.2 Å². The van der Waals surface area contributed by atoms with Crippen LogP contribution in [0.4, 0.5) is 11.6 Å². The van der Waals surface area contributed by atoms with Gasteiger partial charge in [-0.05, 0) is 45.0 Å². The van der Waals surface area contributed by atoms with E-state index in [1.54, 1.807) is 6.07 Å². The first-order valence-electron chi connectivity index (χ1n) is 7.21. The van der Waals surface area contributed by atoms with E-state index in [-0.39, 0.29) is 5.91 Å². The number of nitrogens with one attached hydrogen (secondary N) is 1. The van der Waals surface area contributed by atoms with Crippen molar-refractivity contribution in [1.82, 2.24) is 9.97 Å². The van der Waals surface area contributed by atoms with E-state index in [0.29, 0.717) is 11.6 Å². The molecule has 2 rings (SSSR count). The Hall–Kier alpha value is -1.95. The van der Waals surface area contributed by atoms with Crippen molar-refractivity contribution in [3.63, 3.8) is 0 Å². The lowest BCUT2D eigenvalue weighted by Gasteiger charge is -2.19. The zero-order valence-electron chi connectivity index (χ0n) is 12.9. The smallest absolute Gasteiger partial charge is 0.274 e. The Morgan fingerprint density at radius 2 is 1.95 bits per heavy atom. The van der Waals surface area contributed by atoms with Crippen LogP contribution in [0.3, 0.4) is 0 Å². The van der Waals surface area contributed by atoms with E-state index in [9.17, 15) is 4.79 Å². The first-order valence-corrected chi connectivity index (χ1v) is 8.00. The van der Waals surface area contributed by atoms with Crippen molar-refractivity contribution in [2.75, 3.05) is 23.3 Å². The lowest BCUT2D eigenvalue weighted by molar-refractivity contribution is 0.102. The molecule has 6 heteroatoms. The number of amides is 1. The molecular formula is C16H19BrN4O. The minimum Gasteiger partial charge on any atom is -0.341 e. The average molecular weight is 363 g/mol. The minimum absolute atomic E-state index is 0.239. The zero-order valence-corrected chi connectivity index (χ0v) is 14.5. The quantitative estimate of drug-likeness (QED) is 0.881. The maximum absolute atomic E-state index is 12.4. The van der Waals surface area contributed by atoms with Gasteiger partial charge in [-0.25, -0.2) is 9.97 Å². The van der Waals surface area contributed by atoms with Gasteiger partial charge in [0.15, 0.2) is 0 Å². The van der Waals surface area contributed by atoms with Crippen molar-refractivity contribution >= 4 is 33.5 Å². The number of anilines is 2. The van der Waals surface area contributed by atoms with Crippen molar-refractivity contribution in [3.05, 3.63) is 46.2 Å². The first kappa shape index (κ1) is 16.4. The Morgan fingerprint density at radius 1 is 1.23 bits per heavy atom. The third-order valence-electron chi connectivity index (χ3n) is 3.20. The Labute approximate surface area is 138 Å². The molecule has 22 heavy (non-hydrogen) atoms. The highest BCUT2D eigenvalue weighted by molar-refractivity contribution is 9.10. The van der Waals surface area contributed by atoms with Gasteiger partial charge >= 0.3 is 0 Å². The summed E-state index contributed by atoms with van der Waals surface area (Å²) in [6.07, 6.45) is 0. The van der Waals surface area contributed by atoms with Crippen LogP contribution in [0.15, 0.2) is 34.8 Å². The molecule has 0 saturated carbocycles. The second-order valence-electron chi connectivity index (χ2n) is 4.83. The fourth-order valence-electron chi connectivity index (χ4n) is 2.08. The number of rotatable bonds is 5. The van der Waals surface area contributed by atoms with Gasteiger partial charge in [0, 0.05) is 28.9 Å². The van der Waals surface area contributed by atoms with E-state index < -0.39 is 0 Å². The molecule has 0 aliphatic heterocycles. The number of carbonyl (C=O) groups excluding carboxylic acids is 1. The summed E-state index contributed by atoms with van der Waals surface area (Å²) >= 11 is 3.39. The third kappa shape index (κ3) is 4.04. The van der Waals surface area contributed by atoms with E-state index in [1.807, 2.05) is 49.9 Å². The van der Waals surface area contributed by atoms with Crippen molar-refractivity contribution in [1.29, 1.82) is 0 Å². The lowest BCUT2D eigenvalue weighted by Crippen LogP contribution is -2.26. The molecule has 0 aliphatic carbocycles. The molecule has 0 atom stereocenters. The van der Waals surface area contributed by atoms with Crippen LogP contribution >= 0.6 is 15.9 Å². The Morgan fingerprint density at radius 3 is 2.59 bits per heavy atom. The highest BCUT2D eigenvalue weighted by Gasteiger charge is 2.13. The number of nitrogens with zero attached hydrogens (tertiary/aromatic N) is 3. The molecule has 0 saturated heterocycles. The highest BCUT2D eigenvalue weighted by atomic mass is 79.9. The SMILES string of the molecule is CCN(CC)c1nc(C)cc(C(=O)Nc2cccc(Br)c2)n1. The van der Waals surface area contributed by atoms with Crippen LogP contribution in [0.1, 0.15) is 30.0 Å². The predicted molar refractivity (Wildman–Crippen MR) is 92.4 cm³/mol. The van der Waals surface area contributed by atoms with Gasteiger partial charge in [-0.2, -0.15) is 0 Å². The summed E-state index contributed by atoms with van der Waals surface area (Å²) in [5.74, 6) is 0.349. The van der Waals surface area contributed by atoms with Crippen LogP contribution in [0.25, 0.3) is 0 Å². The number of aryl methyl sites for hydroxylation is 1. The monoisotopic (exact) mass is 362 g/mol. The molecule has 0 aliphatic rings. The second-order valence-corrected chi connectivity index (χ2v) is 5.75. The molecule has 0 radical (unpaired) electrons. The summed E-state index contributed by atoms with van der Waals surface area (Å²) < 4.78 is 0.910. The normalized spacial score (nSPS) is 10.4. The van der Waals surface area contributed by atoms with Crippen LogP contribution in [-0.4, -0.2) is 29.0 Å². The maximum atomic E-state index is 12.4. The van der Waals surface area contributed by atoms with E-state index >= 15 is 0 Å². The molecule has 0 unspecified atom stereocenters. The van der Waals surface area contributed by atoms with Crippen LogP contribution in [0.5, 0.6) is 0 Å². The van der Waals surface area contributed by atoms with Gasteiger partial charge in [0.2, 0.25) is 5.95 Å². The molecule has 1 aromatic heterocycles. The fraction of sp³-hybridized carbons (Fsp3) is 0.312. The number of aromatic nitrogens is 2. The van der Waals surface area contributed by atoms with E-state index in [4.69, 9.17) is 0 Å². The van der Waals surface area contributed by atoms with Crippen LogP contribution in [-0.2, 0) is 0 Å². The Bertz CT molecular complexity index is 671. The summed E-state index contributed by atoms with van der Waals surface area (Å²) in [6.45, 7) is 7.54. The molecule has 1 aromatic carbocycles. The lowest BCUT2D eigenvalue weighted by atomic mass is 10.3. The molecule has 2 aromatic rings. The molecule has 0 spiro atoms. The molecular weight excluding hydrogens is 344 g/mol. The van der Waals surface area contributed by atoms with Crippen molar-refractivity contribution < 1.29 is 4.79 Å². The van der Waals surface area contributed by atoms with Crippen LogP contribution in [0, 0.1) is 6.92 Å². The molecule has 5 nitrogen and oxygen atoms in total. The van der Waals surface area contributed by atoms with E-state index in [1.165, 1.54) is 0 Å². The van der Waals surface area contributed by atoms with E-state index in [0.717, 1.165) is 28.9 Å². The maximum Gasteiger partial charge on any atom is 0.274 e. The summed E-state index contributed by atoms with van der Waals surface area (Å²) in [5.41, 5.74) is 1.87. The summed E-state index contributed by atoms with van der Waals surface area (Å²) in [5, 5.41) is 2.85. The van der Waals surface area contributed by atoms with Gasteiger partial charge in [0.05, 0.1) is 0 Å². The fourth-order valence-corrected chi connectivity index (χ4v) is 2.48. The number of hydrogen-bond acceptors (Lipinski definition) is 4. The van der Waals surface area contributed by atoms with E-state index in [2.05, 4.69) is 31.2 Å². The van der Waals surface area contributed by atoms with Gasteiger partial charge in [-0.15, -0.1) is 0 Å². The highest BCUT2D eigenvalue weighted by Crippen LogP contribution is 2.17. The average Bonchev–Trinajstić information content (AvgIpc) is 2.48. The number of benzene rings is 1. The van der Waals surface area contributed by atoms with Crippen LogP contribution in [0.2, 0.25) is 0 Å². The first-order chi connectivity index (χ1) is 10.5. The summed E-state index contributed by atoms with van der Waals surface area (Å²) in [6, 6.07) is 9.15. The van der Waals surface area contributed by atoms with Crippen molar-refractivity contribution in [2.45, 2.75) is 20.8 Å². The summed E-state index contributed by atoms with van der Waals surface area (Å²) in [7, 11) is 0. The summed E-state index contributed by atoms with van der Waals surface area (Å²) in [4.78, 5) is 23.2.